The fourth-order valence-corrected chi connectivity index (χ4v) is 2.71. The molecule has 5 heteroatoms. The lowest BCUT2D eigenvalue weighted by molar-refractivity contribution is 0.233. The molecule has 0 aromatic carbocycles. The van der Waals surface area contributed by atoms with Crippen LogP contribution in [0.4, 0.5) is 5.82 Å². The smallest absolute Gasteiger partial charge is 0.158 e. The van der Waals surface area contributed by atoms with Crippen molar-refractivity contribution in [3.63, 3.8) is 0 Å². The lowest BCUT2D eigenvalue weighted by Gasteiger charge is -2.33. The van der Waals surface area contributed by atoms with Gasteiger partial charge in [-0.1, -0.05) is 38.4 Å². The summed E-state index contributed by atoms with van der Waals surface area (Å²) in [5.74, 6) is 0.705. The van der Waals surface area contributed by atoms with Crippen LogP contribution in [0, 0.1) is 5.41 Å². The molecule has 98 valence electrons. The largest absolute Gasteiger partial charge is 0.389 e. The second-order valence-electron chi connectivity index (χ2n) is 5.38. The molecule has 1 saturated carbocycles. The number of nitrogens with two attached hydrogens (primary N) is 1. The van der Waals surface area contributed by atoms with E-state index in [9.17, 15) is 0 Å². The molecule has 1 aromatic heterocycles. The summed E-state index contributed by atoms with van der Waals surface area (Å²) in [6.45, 7) is 3.23. The molecule has 1 aliphatic carbocycles. The van der Waals surface area contributed by atoms with E-state index in [0.29, 0.717) is 16.2 Å². The van der Waals surface area contributed by atoms with Gasteiger partial charge >= 0.3 is 0 Å². The Hall–Kier alpha value is -1.23. The van der Waals surface area contributed by atoms with Crippen LogP contribution in [-0.2, 0) is 0 Å². The molecule has 1 aliphatic rings. The fraction of sp³-hybridized carbons (Fsp3) is 0.615. The van der Waals surface area contributed by atoms with Gasteiger partial charge in [0.1, 0.15) is 4.99 Å². The molecule has 1 heterocycles. The first-order valence-corrected chi connectivity index (χ1v) is 6.87. The number of rotatable bonds is 4. The van der Waals surface area contributed by atoms with Gasteiger partial charge in [0.25, 0.3) is 0 Å². The van der Waals surface area contributed by atoms with Gasteiger partial charge in [-0.25, -0.2) is 0 Å². The summed E-state index contributed by atoms with van der Waals surface area (Å²) in [6.07, 6.45) is 8.15. The minimum Gasteiger partial charge on any atom is -0.389 e. The minimum atomic E-state index is 0.350. The Morgan fingerprint density at radius 2 is 2.17 bits per heavy atom. The van der Waals surface area contributed by atoms with Crippen molar-refractivity contribution in [3.8, 4) is 0 Å². The molecule has 0 aliphatic heterocycles. The molecule has 3 N–H and O–H groups in total. The van der Waals surface area contributed by atoms with Crippen LogP contribution in [0.15, 0.2) is 12.3 Å². The van der Waals surface area contributed by atoms with Gasteiger partial charge in [0, 0.05) is 6.54 Å². The molecule has 0 amide bonds. The van der Waals surface area contributed by atoms with Crippen molar-refractivity contribution in [2.24, 2.45) is 11.1 Å². The Bertz CT molecular complexity index is 427. The summed E-state index contributed by atoms with van der Waals surface area (Å²) < 4.78 is 0. The van der Waals surface area contributed by atoms with E-state index in [1.54, 1.807) is 12.3 Å². The maximum atomic E-state index is 5.68. The van der Waals surface area contributed by atoms with Gasteiger partial charge in [0.15, 0.2) is 5.82 Å². The molecule has 1 fully saturated rings. The average molecular weight is 264 g/mol. The second-order valence-corrected chi connectivity index (χ2v) is 5.82. The zero-order valence-electron chi connectivity index (χ0n) is 10.8. The molecule has 0 saturated heterocycles. The molecular formula is C13H20N4S. The van der Waals surface area contributed by atoms with Gasteiger partial charge in [0.2, 0.25) is 0 Å². The third-order valence-electron chi connectivity index (χ3n) is 3.73. The number of aromatic nitrogens is 2. The molecule has 0 atom stereocenters. The minimum absolute atomic E-state index is 0.350. The van der Waals surface area contributed by atoms with Crippen LogP contribution in [0.2, 0.25) is 0 Å². The van der Waals surface area contributed by atoms with E-state index in [4.69, 9.17) is 18.0 Å². The van der Waals surface area contributed by atoms with E-state index in [1.807, 2.05) is 0 Å². The van der Waals surface area contributed by atoms with Gasteiger partial charge in [-0.3, -0.25) is 0 Å². The Balaban J connectivity index is 2.03. The summed E-state index contributed by atoms with van der Waals surface area (Å²) in [7, 11) is 0. The summed E-state index contributed by atoms with van der Waals surface area (Å²) in [5, 5.41) is 11.3. The second kappa shape index (κ2) is 5.61. The van der Waals surface area contributed by atoms with Gasteiger partial charge in [-0.15, -0.1) is 5.10 Å². The van der Waals surface area contributed by atoms with E-state index >= 15 is 0 Å². The van der Waals surface area contributed by atoms with E-state index in [1.165, 1.54) is 32.1 Å². The van der Waals surface area contributed by atoms with E-state index in [-0.39, 0.29) is 0 Å². The Morgan fingerprint density at radius 1 is 1.44 bits per heavy atom. The summed E-state index contributed by atoms with van der Waals surface area (Å²) in [4.78, 5) is 0.362. The first kappa shape index (κ1) is 13.2. The van der Waals surface area contributed by atoms with Crippen molar-refractivity contribution >= 4 is 23.0 Å². The van der Waals surface area contributed by atoms with Crippen LogP contribution in [0.25, 0.3) is 0 Å². The first-order chi connectivity index (χ1) is 8.61. The highest BCUT2D eigenvalue weighted by Crippen LogP contribution is 2.35. The van der Waals surface area contributed by atoms with Crippen molar-refractivity contribution < 1.29 is 0 Å². The van der Waals surface area contributed by atoms with Crippen molar-refractivity contribution in [1.82, 2.24) is 10.2 Å². The molecule has 0 spiro atoms. The Kier molecular flexibility index (Phi) is 4.11. The number of anilines is 1. The van der Waals surface area contributed by atoms with Gasteiger partial charge < -0.3 is 11.1 Å². The number of nitrogens with zero attached hydrogens (tertiary/aromatic N) is 2. The Morgan fingerprint density at radius 3 is 2.83 bits per heavy atom. The molecule has 0 bridgehead atoms. The molecule has 1 aromatic rings. The third-order valence-corrected chi connectivity index (χ3v) is 3.95. The SMILES string of the molecule is CC1(CNc2nnccc2C(N)=S)CCCCC1. The van der Waals surface area contributed by atoms with Crippen LogP contribution in [0.5, 0.6) is 0 Å². The lowest BCUT2D eigenvalue weighted by atomic mass is 9.76. The summed E-state index contributed by atoms with van der Waals surface area (Å²) in [5.41, 5.74) is 6.81. The maximum absolute atomic E-state index is 5.68. The average Bonchev–Trinajstić information content (AvgIpc) is 2.38. The molecule has 18 heavy (non-hydrogen) atoms. The molecule has 4 nitrogen and oxygen atoms in total. The number of thiocarbonyl (C=S) groups is 1. The standard InChI is InChI=1S/C13H20N4S/c1-13(6-3-2-4-7-13)9-15-12-10(11(14)18)5-8-16-17-12/h5,8H,2-4,6-7,9H2,1H3,(H2,14,18)(H,15,17). The number of hydrogen-bond acceptors (Lipinski definition) is 4. The van der Waals surface area contributed by atoms with Gasteiger partial charge in [-0.05, 0) is 24.3 Å². The topological polar surface area (TPSA) is 63.8 Å². The fourth-order valence-electron chi connectivity index (χ4n) is 2.54. The van der Waals surface area contributed by atoms with Crippen LogP contribution >= 0.6 is 12.2 Å². The Labute approximate surface area is 113 Å². The lowest BCUT2D eigenvalue weighted by Crippen LogP contribution is -2.30. The van der Waals surface area contributed by atoms with Crippen LogP contribution in [-0.4, -0.2) is 21.7 Å². The van der Waals surface area contributed by atoms with Crippen molar-refractivity contribution in [3.05, 3.63) is 17.8 Å². The van der Waals surface area contributed by atoms with Crippen molar-refractivity contribution in [2.45, 2.75) is 39.0 Å². The predicted molar refractivity (Wildman–Crippen MR) is 77.6 cm³/mol. The highest BCUT2D eigenvalue weighted by Gasteiger charge is 2.26. The first-order valence-electron chi connectivity index (χ1n) is 6.46. The molecular weight excluding hydrogens is 244 g/mol. The van der Waals surface area contributed by atoms with Gasteiger partial charge in [0.05, 0.1) is 11.8 Å². The van der Waals surface area contributed by atoms with Crippen LogP contribution in [0.3, 0.4) is 0 Å². The van der Waals surface area contributed by atoms with Crippen LogP contribution < -0.4 is 11.1 Å². The summed E-state index contributed by atoms with van der Waals surface area (Å²) in [6, 6.07) is 1.81. The quantitative estimate of drug-likeness (QED) is 0.818. The highest BCUT2D eigenvalue weighted by atomic mass is 32.1. The number of hydrogen-bond donors (Lipinski definition) is 2. The number of nitrogens with one attached hydrogen (secondary N) is 1. The molecule has 2 rings (SSSR count). The normalized spacial score (nSPS) is 18.3. The van der Waals surface area contributed by atoms with Crippen LogP contribution in [0.1, 0.15) is 44.6 Å². The predicted octanol–water partition coefficient (Wildman–Crippen LogP) is 2.49. The van der Waals surface area contributed by atoms with E-state index in [0.717, 1.165) is 12.1 Å². The van der Waals surface area contributed by atoms with Crippen molar-refractivity contribution in [2.75, 3.05) is 11.9 Å². The maximum Gasteiger partial charge on any atom is 0.158 e. The third kappa shape index (κ3) is 3.16. The van der Waals surface area contributed by atoms with E-state index in [2.05, 4.69) is 22.4 Å². The molecule has 0 radical (unpaired) electrons. The highest BCUT2D eigenvalue weighted by molar-refractivity contribution is 7.80. The zero-order chi connectivity index (χ0) is 13.0. The van der Waals surface area contributed by atoms with Crippen molar-refractivity contribution in [1.29, 1.82) is 0 Å². The zero-order valence-corrected chi connectivity index (χ0v) is 11.6. The summed E-state index contributed by atoms with van der Waals surface area (Å²) >= 11 is 5.02. The van der Waals surface area contributed by atoms with Gasteiger partial charge in [-0.2, -0.15) is 5.10 Å². The van der Waals surface area contributed by atoms with E-state index < -0.39 is 0 Å². The molecule has 0 unspecified atom stereocenters. The monoisotopic (exact) mass is 264 g/mol.